The van der Waals surface area contributed by atoms with Gasteiger partial charge in [-0.25, -0.2) is 23.2 Å². The Hall–Kier alpha value is -5.06. The first-order chi connectivity index (χ1) is 30.6. The predicted octanol–water partition coefficient (Wildman–Crippen LogP) is 5.99. The van der Waals surface area contributed by atoms with Crippen molar-refractivity contribution < 1.29 is 23.1 Å². The smallest absolute Gasteiger partial charge is 0.329 e. The fraction of sp³-hybridized carbons (Fsp3) is 0.562. The number of amides is 2. The molecule has 3 aliphatic heterocycles. The van der Waals surface area contributed by atoms with Crippen molar-refractivity contribution in [1.29, 1.82) is 0 Å². The SMILES string of the molecule is Cc1cc(S(=O)(=O)C2CC3(CCN(CC4CCN(c5cccc6c5n(C)c(=O)n6C5CCC(=O)NC5=O)CC4)CC3)C2)ccc1Nc1nc(C2CCC(C)(O)CC2)c2c(ccn2C)n1. The largest absolute Gasteiger partial charge is 0.390 e. The van der Waals surface area contributed by atoms with Gasteiger partial charge in [-0.1, -0.05) is 6.07 Å². The zero-order chi connectivity index (χ0) is 44.7. The quantitative estimate of drug-likeness (QED) is 0.148. The Kier molecular flexibility index (Phi) is 10.8. The van der Waals surface area contributed by atoms with Crippen LogP contribution in [0, 0.1) is 18.3 Å². The number of fused-ring (bicyclic) bond motifs is 2. The Morgan fingerprint density at radius 3 is 2.33 bits per heavy atom. The van der Waals surface area contributed by atoms with E-state index in [2.05, 4.69) is 31.1 Å². The summed E-state index contributed by atoms with van der Waals surface area (Å²) in [5, 5.41) is 16.0. The van der Waals surface area contributed by atoms with Gasteiger partial charge in [-0.3, -0.25) is 24.0 Å². The van der Waals surface area contributed by atoms with Gasteiger partial charge in [0.2, 0.25) is 17.8 Å². The summed E-state index contributed by atoms with van der Waals surface area (Å²) in [5.74, 6) is 0.543. The summed E-state index contributed by atoms with van der Waals surface area (Å²) >= 11 is 0. The molecule has 6 heterocycles. The number of aliphatic hydroxyl groups is 1. The average molecular weight is 892 g/mol. The van der Waals surface area contributed by atoms with E-state index in [1.54, 1.807) is 28.3 Å². The number of hydrogen-bond donors (Lipinski definition) is 3. The molecule has 1 atom stereocenters. The molecule has 3 aromatic heterocycles. The molecule has 2 amide bonds. The Morgan fingerprint density at radius 1 is 0.891 bits per heavy atom. The monoisotopic (exact) mass is 891 g/mol. The van der Waals surface area contributed by atoms with Gasteiger partial charge in [-0.05, 0) is 151 Å². The fourth-order valence-electron chi connectivity index (χ4n) is 11.7. The summed E-state index contributed by atoms with van der Waals surface area (Å²) in [6.45, 7) is 8.60. The number of carbonyl (C=O) groups excluding carboxylic acids is 2. The second-order valence-corrected chi connectivity index (χ2v) is 22.3. The van der Waals surface area contributed by atoms with Crippen LogP contribution in [0.15, 0.2) is 58.4 Å². The van der Waals surface area contributed by atoms with E-state index in [4.69, 9.17) is 9.97 Å². The number of hydrogen-bond acceptors (Lipinski definition) is 11. The minimum absolute atomic E-state index is 0.0896. The molecule has 3 saturated heterocycles. The first kappa shape index (κ1) is 42.9. The number of likely N-dealkylation sites (tertiary alicyclic amines) is 1. The second-order valence-electron chi connectivity index (χ2n) is 20.1. The van der Waals surface area contributed by atoms with Crippen LogP contribution < -0.4 is 21.2 Å². The lowest BCUT2D eigenvalue weighted by atomic mass is 9.63. The number of imidazole rings is 1. The molecule has 2 aliphatic carbocycles. The molecule has 3 N–H and O–H groups in total. The van der Waals surface area contributed by atoms with E-state index in [1.165, 1.54) is 0 Å². The summed E-state index contributed by atoms with van der Waals surface area (Å²) in [4.78, 5) is 53.2. The van der Waals surface area contributed by atoms with Crippen LogP contribution in [0.4, 0.5) is 17.3 Å². The highest BCUT2D eigenvalue weighted by atomic mass is 32.2. The highest BCUT2D eigenvalue weighted by Crippen LogP contribution is 2.53. The molecule has 15 nitrogen and oxygen atoms in total. The molecule has 5 aliphatic rings. The van der Waals surface area contributed by atoms with Crippen molar-refractivity contribution in [3.63, 3.8) is 0 Å². The first-order valence-corrected chi connectivity index (χ1v) is 24.8. The minimum atomic E-state index is -3.49. The maximum Gasteiger partial charge on any atom is 0.329 e. The third kappa shape index (κ3) is 7.72. The molecule has 64 heavy (non-hydrogen) atoms. The van der Waals surface area contributed by atoms with Crippen LogP contribution in [0.5, 0.6) is 0 Å². The number of nitrogens with one attached hydrogen (secondary N) is 2. The van der Waals surface area contributed by atoms with Crippen molar-refractivity contribution in [3.05, 3.63) is 70.4 Å². The summed E-state index contributed by atoms with van der Waals surface area (Å²) in [6, 6.07) is 12.6. The van der Waals surface area contributed by atoms with Crippen LogP contribution in [0.1, 0.15) is 107 Å². The van der Waals surface area contributed by atoms with Crippen LogP contribution in [-0.4, -0.2) is 97.5 Å². The normalized spacial score (nSPS) is 25.0. The number of carbonyl (C=O) groups is 2. The molecule has 2 saturated carbocycles. The maximum absolute atomic E-state index is 14.0. The van der Waals surface area contributed by atoms with Crippen LogP contribution >= 0.6 is 0 Å². The van der Waals surface area contributed by atoms with Crippen LogP contribution in [0.2, 0.25) is 0 Å². The van der Waals surface area contributed by atoms with Gasteiger partial charge >= 0.3 is 5.69 Å². The van der Waals surface area contributed by atoms with E-state index in [-0.39, 0.29) is 34.6 Å². The first-order valence-electron chi connectivity index (χ1n) is 23.3. The van der Waals surface area contributed by atoms with Crippen molar-refractivity contribution in [1.82, 2.24) is 33.9 Å². The number of para-hydroxylation sites is 1. The Balaban J connectivity index is 0.729. The van der Waals surface area contributed by atoms with E-state index < -0.39 is 27.4 Å². The fourth-order valence-corrected chi connectivity index (χ4v) is 13.8. The Morgan fingerprint density at radius 2 is 1.62 bits per heavy atom. The molecule has 340 valence electrons. The molecular weight excluding hydrogens is 831 g/mol. The van der Waals surface area contributed by atoms with Crippen molar-refractivity contribution in [2.24, 2.45) is 25.4 Å². The zero-order valence-electron chi connectivity index (χ0n) is 37.5. The molecule has 16 heteroatoms. The van der Waals surface area contributed by atoms with Crippen molar-refractivity contribution in [3.8, 4) is 0 Å². The molecule has 0 bridgehead atoms. The predicted molar refractivity (Wildman–Crippen MR) is 247 cm³/mol. The number of rotatable bonds is 9. The molecule has 10 rings (SSSR count). The van der Waals surface area contributed by atoms with Crippen molar-refractivity contribution in [2.75, 3.05) is 42.9 Å². The minimum Gasteiger partial charge on any atom is -0.390 e. The van der Waals surface area contributed by atoms with Gasteiger partial charge in [0.1, 0.15) is 6.04 Å². The lowest BCUT2D eigenvalue weighted by Gasteiger charge is -2.52. The molecule has 5 aromatic rings. The molecular formula is C48H61N9O6S. The number of aromatic nitrogens is 5. The summed E-state index contributed by atoms with van der Waals surface area (Å²) in [6.07, 6.45) is 11.2. The number of piperidine rings is 3. The van der Waals surface area contributed by atoms with Gasteiger partial charge in [-0.15, -0.1) is 0 Å². The third-order valence-corrected chi connectivity index (χ3v) is 17.8. The van der Waals surface area contributed by atoms with E-state index in [0.29, 0.717) is 41.5 Å². The molecule has 1 spiro atoms. The van der Waals surface area contributed by atoms with Gasteiger partial charge in [0.05, 0.1) is 49.2 Å². The van der Waals surface area contributed by atoms with Crippen molar-refractivity contribution >= 4 is 61.0 Å². The number of benzene rings is 2. The Labute approximate surface area is 374 Å². The lowest BCUT2D eigenvalue weighted by Crippen LogP contribution is -2.52. The maximum atomic E-state index is 14.0. The number of imide groups is 1. The van der Waals surface area contributed by atoms with E-state index in [9.17, 15) is 27.9 Å². The number of anilines is 3. The molecule has 2 aromatic carbocycles. The van der Waals surface area contributed by atoms with Gasteiger partial charge < -0.3 is 24.8 Å². The summed E-state index contributed by atoms with van der Waals surface area (Å²) in [7, 11) is 0.277. The third-order valence-electron chi connectivity index (χ3n) is 15.7. The Bertz CT molecular complexity index is 2810. The van der Waals surface area contributed by atoms with Gasteiger partial charge in [0.15, 0.2) is 9.84 Å². The highest BCUT2D eigenvalue weighted by Gasteiger charge is 2.51. The van der Waals surface area contributed by atoms with Gasteiger partial charge in [0, 0.05) is 58.0 Å². The number of aryl methyl sites for hydroxylation is 3. The van der Waals surface area contributed by atoms with Crippen LogP contribution in [0.3, 0.4) is 0 Å². The number of sulfone groups is 1. The highest BCUT2D eigenvalue weighted by molar-refractivity contribution is 7.92. The average Bonchev–Trinajstić information content (AvgIpc) is 3.75. The van der Waals surface area contributed by atoms with E-state index in [1.807, 2.05) is 51.4 Å². The number of nitrogens with zero attached hydrogens (tertiary/aromatic N) is 7. The van der Waals surface area contributed by atoms with Crippen LogP contribution in [0.25, 0.3) is 22.1 Å². The molecule has 5 fully saturated rings. The van der Waals surface area contributed by atoms with Gasteiger partial charge in [0.25, 0.3) is 0 Å². The zero-order valence-corrected chi connectivity index (χ0v) is 38.3. The summed E-state index contributed by atoms with van der Waals surface area (Å²) < 4.78 is 33.3. The van der Waals surface area contributed by atoms with E-state index in [0.717, 1.165) is 123 Å². The second kappa shape index (κ2) is 16.1. The molecule has 0 radical (unpaired) electrons. The van der Waals surface area contributed by atoms with Crippen molar-refractivity contribution in [2.45, 2.75) is 119 Å². The molecule has 1 unspecified atom stereocenters. The van der Waals surface area contributed by atoms with E-state index >= 15 is 0 Å². The summed E-state index contributed by atoms with van der Waals surface area (Å²) in [5.41, 5.74) is 6.19. The lowest BCUT2D eigenvalue weighted by molar-refractivity contribution is -0.135. The standard InChI is InChI=1S/C48H61N9O6S/c1-30-26-33(8-9-35(30)49-45-50-36-16-21-53(3)42(36)41(52-45)32-12-17-47(2,61)18-13-32)64(62,63)34-27-48(28-34)19-24-55(25-20-48)29-31-14-22-56(23-15-31)37-6-5-7-38-43(37)54(4)46(60)57(38)39-10-11-40(58)51-44(39)59/h5-9,16,21,26,31-32,34,39,61H,10-15,17-20,22-25,27-29H2,1-4H3,(H,49,50,52)(H,51,58,59). The topological polar surface area (TPSA) is 177 Å². The van der Waals surface area contributed by atoms with Gasteiger partial charge in [-0.2, -0.15) is 0 Å². The van der Waals surface area contributed by atoms with Crippen LogP contribution in [-0.2, 0) is 33.5 Å².